The molecule has 0 atom stereocenters. The molecule has 0 aliphatic heterocycles. The summed E-state index contributed by atoms with van der Waals surface area (Å²) in [7, 11) is 3.40. The van der Waals surface area contributed by atoms with Crippen LogP contribution >= 0.6 is 0 Å². The molecule has 0 radical (unpaired) electrons. The van der Waals surface area contributed by atoms with Gasteiger partial charge in [-0.2, -0.15) is 0 Å². The van der Waals surface area contributed by atoms with Gasteiger partial charge in [-0.3, -0.25) is 9.59 Å². The molecule has 4 nitrogen and oxygen atoms in total. The fourth-order valence-electron chi connectivity index (χ4n) is 3.07. The Morgan fingerprint density at radius 3 is 2.12 bits per heavy atom. The third kappa shape index (κ3) is 3.31. The van der Waals surface area contributed by atoms with Gasteiger partial charge < -0.3 is 9.80 Å². The van der Waals surface area contributed by atoms with Gasteiger partial charge in [0.1, 0.15) is 0 Å². The summed E-state index contributed by atoms with van der Waals surface area (Å²) in [5.41, 5.74) is 1.89. The second kappa shape index (κ2) is 7.40. The van der Waals surface area contributed by atoms with Gasteiger partial charge in [0.15, 0.2) is 0 Å². The quantitative estimate of drug-likeness (QED) is 0.710. The first-order valence-electron chi connectivity index (χ1n) is 8.64. The van der Waals surface area contributed by atoms with Gasteiger partial charge in [-0.15, -0.1) is 0 Å². The van der Waals surface area contributed by atoms with Gasteiger partial charge in [0.25, 0.3) is 11.8 Å². The summed E-state index contributed by atoms with van der Waals surface area (Å²) in [6.45, 7) is 2.49. The van der Waals surface area contributed by atoms with Gasteiger partial charge in [-0.25, -0.2) is 0 Å². The summed E-state index contributed by atoms with van der Waals surface area (Å²) in [4.78, 5) is 28.6. The van der Waals surface area contributed by atoms with Crippen LogP contribution in [0, 0.1) is 0 Å². The maximum absolute atomic E-state index is 13.2. The maximum Gasteiger partial charge on any atom is 0.258 e. The normalized spacial score (nSPS) is 10.6. The standard InChI is InChI=1S/C22H22N2O2/c1-4-24(20-14-8-10-16-9-5-6-13-19(16)20)22(26)18-12-7-11-17(15-18)21(25)23(2)3/h5-15H,4H2,1-3H3. The number of anilines is 1. The van der Waals surface area contributed by atoms with Crippen LogP contribution in [0.5, 0.6) is 0 Å². The summed E-state index contributed by atoms with van der Waals surface area (Å²) >= 11 is 0. The second-order valence-corrected chi connectivity index (χ2v) is 6.33. The lowest BCUT2D eigenvalue weighted by Gasteiger charge is -2.23. The number of carbonyl (C=O) groups is 2. The highest BCUT2D eigenvalue weighted by Crippen LogP contribution is 2.28. The smallest absolute Gasteiger partial charge is 0.258 e. The molecule has 0 saturated carbocycles. The molecule has 0 unspecified atom stereocenters. The van der Waals surface area contributed by atoms with Crippen molar-refractivity contribution >= 4 is 28.3 Å². The Kier molecular flexibility index (Phi) is 5.03. The monoisotopic (exact) mass is 346 g/mol. The van der Waals surface area contributed by atoms with E-state index in [0.29, 0.717) is 17.7 Å². The summed E-state index contributed by atoms with van der Waals surface area (Å²) < 4.78 is 0. The minimum atomic E-state index is -0.118. The second-order valence-electron chi connectivity index (χ2n) is 6.33. The minimum Gasteiger partial charge on any atom is -0.345 e. The van der Waals surface area contributed by atoms with E-state index in [0.717, 1.165) is 16.5 Å². The highest BCUT2D eigenvalue weighted by molar-refractivity contribution is 6.11. The molecule has 3 aromatic carbocycles. The first kappa shape index (κ1) is 17.7. The largest absolute Gasteiger partial charge is 0.345 e. The van der Waals surface area contributed by atoms with E-state index in [4.69, 9.17) is 0 Å². The lowest BCUT2D eigenvalue weighted by molar-refractivity contribution is 0.0827. The first-order valence-corrected chi connectivity index (χ1v) is 8.64. The molecule has 0 N–H and O–H groups in total. The number of amides is 2. The molecule has 4 heteroatoms. The molecule has 132 valence electrons. The topological polar surface area (TPSA) is 40.6 Å². The number of hydrogen-bond acceptors (Lipinski definition) is 2. The number of benzene rings is 3. The third-order valence-electron chi connectivity index (χ3n) is 4.38. The van der Waals surface area contributed by atoms with Crippen molar-refractivity contribution in [2.24, 2.45) is 0 Å². The van der Waals surface area contributed by atoms with Crippen LogP contribution in [-0.4, -0.2) is 37.4 Å². The van der Waals surface area contributed by atoms with E-state index >= 15 is 0 Å². The Bertz CT molecular complexity index is 958. The average molecular weight is 346 g/mol. The predicted molar refractivity (Wildman–Crippen MR) is 106 cm³/mol. The van der Waals surface area contributed by atoms with Crippen LogP contribution in [0.15, 0.2) is 66.7 Å². The van der Waals surface area contributed by atoms with E-state index in [1.165, 1.54) is 4.90 Å². The Labute approximate surface area is 153 Å². The van der Waals surface area contributed by atoms with Gasteiger partial charge >= 0.3 is 0 Å². The van der Waals surface area contributed by atoms with Crippen molar-refractivity contribution in [2.75, 3.05) is 25.5 Å². The van der Waals surface area contributed by atoms with Crippen LogP contribution in [0.2, 0.25) is 0 Å². The third-order valence-corrected chi connectivity index (χ3v) is 4.38. The van der Waals surface area contributed by atoms with Gasteiger partial charge in [0.05, 0.1) is 5.69 Å². The average Bonchev–Trinajstić information content (AvgIpc) is 2.68. The van der Waals surface area contributed by atoms with Crippen molar-refractivity contribution in [1.29, 1.82) is 0 Å². The Morgan fingerprint density at radius 1 is 0.808 bits per heavy atom. The van der Waals surface area contributed by atoms with Gasteiger partial charge in [-0.05, 0) is 36.6 Å². The van der Waals surface area contributed by atoms with Crippen molar-refractivity contribution in [2.45, 2.75) is 6.92 Å². The molecule has 2 amide bonds. The lowest BCUT2D eigenvalue weighted by atomic mass is 10.1. The van der Waals surface area contributed by atoms with Crippen molar-refractivity contribution in [3.05, 3.63) is 77.9 Å². The van der Waals surface area contributed by atoms with Crippen LogP contribution in [0.3, 0.4) is 0 Å². The lowest BCUT2D eigenvalue weighted by Crippen LogP contribution is -2.31. The summed E-state index contributed by atoms with van der Waals surface area (Å²) in [5, 5.41) is 2.12. The van der Waals surface area contributed by atoms with Gasteiger partial charge in [0.2, 0.25) is 0 Å². The molecule has 0 aromatic heterocycles. The zero-order valence-corrected chi connectivity index (χ0v) is 15.3. The first-order chi connectivity index (χ1) is 12.5. The highest BCUT2D eigenvalue weighted by Gasteiger charge is 2.19. The van der Waals surface area contributed by atoms with Crippen LogP contribution in [0.4, 0.5) is 5.69 Å². The number of hydrogen-bond donors (Lipinski definition) is 0. The number of carbonyl (C=O) groups excluding carboxylic acids is 2. The fourth-order valence-corrected chi connectivity index (χ4v) is 3.07. The summed E-state index contributed by atoms with van der Waals surface area (Å²) in [6.07, 6.45) is 0. The molecule has 0 aliphatic carbocycles. The zero-order chi connectivity index (χ0) is 18.7. The van der Waals surface area contributed by atoms with Crippen molar-refractivity contribution in [3.63, 3.8) is 0 Å². The fraction of sp³-hybridized carbons (Fsp3) is 0.182. The van der Waals surface area contributed by atoms with E-state index < -0.39 is 0 Å². The van der Waals surface area contributed by atoms with Crippen molar-refractivity contribution in [3.8, 4) is 0 Å². The van der Waals surface area contributed by atoms with E-state index in [1.807, 2.05) is 49.4 Å². The molecular weight excluding hydrogens is 324 g/mol. The summed E-state index contributed by atoms with van der Waals surface area (Å²) in [6, 6.07) is 20.9. The number of rotatable bonds is 4. The van der Waals surface area contributed by atoms with Crippen LogP contribution in [0.1, 0.15) is 27.6 Å². The van der Waals surface area contributed by atoms with Crippen LogP contribution in [0.25, 0.3) is 10.8 Å². The van der Waals surface area contributed by atoms with E-state index in [-0.39, 0.29) is 11.8 Å². The predicted octanol–water partition coefficient (Wildman–Crippen LogP) is 4.21. The molecule has 0 fully saturated rings. The Balaban J connectivity index is 2.02. The SMILES string of the molecule is CCN(C(=O)c1cccc(C(=O)N(C)C)c1)c1cccc2ccccc12. The zero-order valence-electron chi connectivity index (χ0n) is 15.3. The molecule has 0 spiro atoms. The molecule has 3 rings (SSSR count). The van der Waals surface area contributed by atoms with Gasteiger partial charge in [-0.1, -0.05) is 42.5 Å². The maximum atomic E-state index is 13.2. The van der Waals surface area contributed by atoms with E-state index in [2.05, 4.69) is 0 Å². The van der Waals surface area contributed by atoms with Crippen molar-refractivity contribution in [1.82, 2.24) is 4.90 Å². The minimum absolute atomic E-state index is 0.114. The molecule has 0 aliphatic rings. The van der Waals surface area contributed by atoms with Gasteiger partial charge in [0, 0.05) is 37.2 Å². The Morgan fingerprint density at radius 2 is 1.42 bits per heavy atom. The molecule has 26 heavy (non-hydrogen) atoms. The highest BCUT2D eigenvalue weighted by atomic mass is 16.2. The molecular formula is C22H22N2O2. The van der Waals surface area contributed by atoms with E-state index in [1.54, 1.807) is 43.3 Å². The number of nitrogens with zero attached hydrogens (tertiary/aromatic N) is 2. The molecule has 3 aromatic rings. The molecule has 0 saturated heterocycles. The van der Waals surface area contributed by atoms with Crippen molar-refractivity contribution < 1.29 is 9.59 Å². The number of fused-ring (bicyclic) bond motifs is 1. The summed E-state index contributed by atoms with van der Waals surface area (Å²) in [5.74, 6) is -0.231. The Hall–Kier alpha value is -3.14. The molecule has 0 bridgehead atoms. The van der Waals surface area contributed by atoms with E-state index in [9.17, 15) is 9.59 Å². The molecule has 0 heterocycles. The van der Waals surface area contributed by atoms with Crippen LogP contribution < -0.4 is 4.90 Å². The van der Waals surface area contributed by atoms with Crippen LogP contribution in [-0.2, 0) is 0 Å².